The second-order valence-electron chi connectivity index (χ2n) is 7.13. The van der Waals surface area contributed by atoms with Crippen LogP contribution in [0.5, 0.6) is 0 Å². The van der Waals surface area contributed by atoms with Gasteiger partial charge in [-0.1, -0.05) is 11.8 Å². The van der Waals surface area contributed by atoms with Crippen LogP contribution in [0.2, 0.25) is 0 Å². The molecule has 3 heterocycles. The van der Waals surface area contributed by atoms with Crippen LogP contribution in [0.3, 0.4) is 0 Å². The first kappa shape index (κ1) is 20.6. The van der Waals surface area contributed by atoms with Crippen molar-refractivity contribution in [3.8, 4) is 0 Å². The lowest BCUT2D eigenvalue weighted by Gasteiger charge is -2.32. The van der Waals surface area contributed by atoms with E-state index in [1.165, 1.54) is 11.8 Å². The Morgan fingerprint density at radius 1 is 1.21 bits per heavy atom. The molecule has 8 nitrogen and oxygen atoms in total. The van der Waals surface area contributed by atoms with Gasteiger partial charge in [-0.25, -0.2) is 9.50 Å². The number of nitrogens with zero attached hydrogens (tertiary/aromatic N) is 5. The average Bonchev–Trinajstić information content (AvgIpc) is 3.08. The van der Waals surface area contributed by atoms with E-state index in [4.69, 9.17) is 4.74 Å². The first-order valence-corrected chi connectivity index (χ1v) is 10.5. The average molecular weight is 406 g/mol. The minimum Gasteiger partial charge on any atom is -0.466 e. The highest BCUT2D eigenvalue weighted by Gasteiger charge is 2.30. The van der Waals surface area contributed by atoms with Crippen LogP contribution in [0.15, 0.2) is 5.16 Å². The van der Waals surface area contributed by atoms with Crippen LogP contribution < -0.4 is 0 Å². The van der Waals surface area contributed by atoms with E-state index < -0.39 is 0 Å². The van der Waals surface area contributed by atoms with Crippen molar-refractivity contribution < 1.29 is 14.3 Å². The molecular formula is C19H27N5O3S. The number of carbonyl (C=O) groups excluding carboxylic acids is 2. The molecule has 152 valence electrons. The summed E-state index contributed by atoms with van der Waals surface area (Å²) in [5.74, 6) is 0.341. The molecule has 1 amide bonds. The van der Waals surface area contributed by atoms with Crippen LogP contribution in [-0.2, 0) is 14.3 Å². The lowest BCUT2D eigenvalue weighted by Crippen LogP contribution is -2.43. The van der Waals surface area contributed by atoms with Crippen molar-refractivity contribution in [3.05, 3.63) is 17.0 Å². The molecule has 0 aromatic carbocycles. The number of ether oxygens (including phenoxy) is 1. The highest BCUT2D eigenvalue weighted by Crippen LogP contribution is 2.25. The number of rotatable bonds is 5. The molecule has 0 spiro atoms. The molecule has 2 aromatic rings. The normalized spacial score (nSPS) is 16.4. The Morgan fingerprint density at radius 3 is 2.54 bits per heavy atom. The van der Waals surface area contributed by atoms with Gasteiger partial charge in [0.2, 0.25) is 11.1 Å². The number of aryl methyl sites for hydroxylation is 2. The summed E-state index contributed by atoms with van der Waals surface area (Å²) in [5.41, 5.74) is 3.02. The summed E-state index contributed by atoms with van der Waals surface area (Å²) in [4.78, 5) is 35.4. The Kier molecular flexibility index (Phi) is 6.22. The molecule has 2 aromatic heterocycles. The van der Waals surface area contributed by atoms with Crippen molar-refractivity contribution in [1.82, 2.24) is 24.5 Å². The minimum atomic E-state index is -0.306. The van der Waals surface area contributed by atoms with Gasteiger partial charge < -0.3 is 9.64 Å². The molecule has 1 aliphatic rings. The fourth-order valence-corrected chi connectivity index (χ4v) is 4.18. The maximum Gasteiger partial charge on any atom is 0.309 e. The fourth-order valence-electron chi connectivity index (χ4n) is 3.35. The molecule has 1 unspecified atom stereocenters. The quantitative estimate of drug-likeness (QED) is 0.557. The highest BCUT2D eigenvalue weighted by atomic mass is 32.2. The Morgan fingerprint density at radius 2 is 1.89 bits per heavy atom. The van der Waals surface area contributed by atoms with E-state index in [0.717, 1.165) is 17.0 Å². The van der Waals surface area contributed by atoms with Crippen LogP contribution in [0.25, 0.3) is 5.78 Å². The molecule has 1 atom stereocenters. The summed E-state index contributed by atoms with van der Waals surface area (Å²) in [5, 5.41) is 4.75. The molecule has 0 aliphatic carbocycles. The predicted molar refractivity (Wildman–Crippen MR) is 106 cm³/mol. The van der Waals surface area contributed by atoms with Gasteiger partial charge in [-0.3, -0.25) is 9.59 Å². The van der Waals surface area contributed by atoms with E-state index in [2.05, 4.69) is 15.1 Å². The number of amides is 1. The second kappa shape index (κ2) is 8.46. The molecule has 3 rings (SSSR count). The number of thioether (sulfide) groups is 1. The number of aromatic nitrogens is 4. The summed E-state index contributed by atoms with van der Waals surface area (Å²) >= 11 is 1.34. The summed E-state index contributed by atoms with van der Waals surface area (Å²) < 4.78 is 6.82. The van der Waals surface area contributed by atoms with Gasteiger partial charge in [0, 0.05) is 24.5 Å². The van der Waals surface area contributed by atoms with Crippen LogP contribution in [-0.4, -0.2) is 61.3 Å². The van der Waals surface area contributed by atoms with Crippen LogP contribution >= 0.6 is 11.8 Å². The monoisotopic (exact) mass is 405 g/mol. The van der Waals surface area contributed by atoms with Gasteiger partial charge in [-0.15, -0.1) is 5.10 Å². The fraction of sp³-hybridized carbons (Fsp3) is 0.632. The maximum atomic E-state index is 12.8. The van der Waals surface area contributed by atoms with Gasteiger partial charge in [0.25, 0.3) is 5.78 Å². The largest absolute Gasteiger partial charge is 0.466 e. The van der Waals surface area contributed by atoms with E-state index in [1.807, 2.05) is 39.5 Å². The third kappa shape index (κ3) is 4.14. The number of piperidine rings is 1. The number of hydrogen-bond acceptors (Lipinski definition) is 7. The molecule has 28 heavy (non-hydrogen) atoms. The summed E-state index contributed by atoms with van der Waals surface area (Å²) in [6.45, 7) is 11.2. The van der Waals surface area contributed by atoms with Crippen molar-refractivity contribution in [2.24, 2.45) is 5.92 Å². The van der Waals surface area contributed by atoms with Crippen molar-refractivity contribution in [3.63, 3.8) is 0 Å². The smallest absolute Gasteiger partial charge is 0.309 e. The molecule has 1 saturated heterocycles. The van der Waals surface area contributed by atoms with Gasteiger partial charge in [-0.05, 0) is 53.0 Å². The molecule has 0 saturated carbocycles. The molecule has 9 heteroatoms. The van der Waals surface area contributed by atoms with Crippen molar-refractivity contribution in [2.75, 3.05) is 19.7 Å². The summed E-state index contributed by atoms with van der Waals surface area (Å²) in [6, 6.07) is 0. The number of fused-ring (bicyclic) bond motifs is 1. The van der Waals surface area contributed by atoms with Crippen LogP contribution in [0.4, 0.5) is 0 Å². The van der Waals surface area contributed by atoms with Crippen molar-refractivity contribution in [1.29, 1.82) is 0 Å². The van der Waals surface area contributed by atoms with E-state index >= 15 is 0 Å². The number of esters is 1. The Hall–Kier alpha value is -2.16. The van der Waals surface area contributed by atoms with Gasteiger partial charge in [-0.2, -0.15) is 4.98 Å². The topological polar surface area (TPSA) is 89.7 Å². The first-order valence-electron chi connectivity index (χ1n) is 9.64. The van der Waals surface area contributed by atoms with Gasteiger partial charge in [0.1, 0.15) is 0 Å². The molecule has 1 aliphatic heterocycles. The van der Waals surface area contributed by atoms with Gasteiger partial charge in [0.15, 0.2) is 0 Å². The zero-order chi connectivity index (χ0) is 20.4. The zero-order valence-corrected chi connectivity index (χ0v) is 17.9. The number of likely N-dealkylation sites (tertiary alicyclic amines) is 1. The zero-order valence-electron chi connectivity index (χ0n) is 17.1. The Bertz CT molecular complexity index is 889. The van der Waals surface area contributed by atoms with Gasteiger partial charge in [0.05, 0.1) is 17.8 Å². The van der Waals surface area contributed by atoms with Gasteiger partial charge >= 0.3 is 5.97 Å². The number of carbonyl (C=O) groups is 2. The third-order valence-corrected chi connectivity index (χ3v) is 6.24. The molecule has 0 bridgehead atoms. The van der Waals surface area contributed by atoms with E-state index in [0.29, 0.717) is 43.5 Å². The lowest BCUT2D eigenvalue weighted by molar-refractivity contribution is -0.151. The standard InChI is InChI=1S/C19H27N5O3S/c1-6-27-17(26)15-7-9-23(10-8-15)16(25)14(5)28-19-21-18-20-12(3)11(2)13(4)24(18)22-19/h14-15H,6-10H2,1-5H3. The molecule has 0 radical (unpaired) electrons. The Labute approximate surface area is 169 Å². The van der Waals surface area contributed by atoms with E-state index in [9.17, 15) is 9.59 Å². The SMILES string of the molecule is CCOC(=O)C1CCN(C(=O)C(C)Sc2nc3nc(C)c(C)c(C)n3n2)CC1. The lowest BCUT2D eigenvalue weighted by atomic mass is 9.97. The van der Waals surface area contributed by atoms with Crippen LogP contribution in [0, 0.1) is 26.7 Å². The third-order valence-electron chi connectivity index (χ3n) is 5.30. The predicted octanol–water partition coefficient (Wildman–Crippen LogP) is 2.33. The summed E-state index contributed by atoms with van der Waals surface area (Å²) in [7, 11) is 0. The van der Waals surface area contributed by atoms with E-state index in [1.54, 1.807) is 4.52 Å². The number of hydrogen-bond donors (Lipinski definition) is 0. The summed E-state index contributed by atoms with van der Waals surface area (Å²) in [6.07, 6.45) is 1.30. The second-order valence-corrected chi connectivity index (χ2v) is 8.43. The highest BCUT2D eigenvalue weighted by molar-refractivity contribution is 8.00. The molecule has 0 N–H and O–H groups in total. The first-order chi connectivity index (χ1) is 13.3. The van der Waals surface area contributed by atoms with E-state index in [-0.39, 0.29) is 23.0 Å². The molecule has 1 fully saturated rings. The Balaban J connectivity index is 1.63. The van der Waals surface area contributed by atoms with Crippen molar-refractivity contribution in [2.45, 2.75) is 57.9 Å². The minimum absolute atomic E-state index is 0.0446. The van der Waals surface area contributed by atoms with Crippen LogP contribution in [0.1, 0.15) is 43.6 Å². The molecular weight excluding hydrogens is 378 g/mol. The van der Waals surface area contributed by atoms with Crippen molar-refractivity contribution >= 4 is 29.4 Å². The maximum absolute atomic E-state index is 12.8.